The zero-order valence-corrected chi connectivity index (χ0v) is 14.9. The Morgan fingerprint density at radius 3 is 2.86 bits per heavy atom. The summed E-state index contributed by atoms with van der Waals surface area (Å²) < 4.78 is 41.7. The molecule has 0 aromatic heterocycles. The first-order valence-corrected chi connectivity index (χ1v) is 9.98. The summed E-state index contributed by atoms with van der Waals surface area (Å²) in [5.74, 6) is -0.0103. The average molecular weight is 397 g/mol. The molecule has 0 radical (unpaired) electrons. The third kappa shape index (κ3) is 3.61. The van der Waals surface area contributed by atoms with Gasteiger partial charge in [0.2, 0.25) is 10.0 Å². The van der Waals surface area contributed by atoms with Crippen molar-refractivity contribution in [2.45, 2.75) is 30.0 Å². The normalized spacial score (nSPS) is 20.7. The molecule has 0 saturated carbocycles. The fourth-order valence-corrected chi connectivity index (χ4v) is 5.92. The molecule has 21 heavy (non-hydrogen) atoms. The Kier molecular flexibility index (Phi) is 5.70. The highest BCUT2D eigenvalue weighted by molar-refractivity contribution is 9.10. The second kappa shape index (κ2) is 6.95. The van der Waals surface area contributed by atoms with Crippen molar-refractivity contribution in [1.29, 1.82) is 0 Å². The van der Waals surface area contributed by atoms with Gasteiger partial charge in [-0.2, -0.15) is 16.1 Å². The van der Waals surface area contributed by atoms with Crippen molar-refractivity contribution in [3.8, 4) is 0 Å². The molecule has 4 nitrogen and oxygen atoms in total. The van der Waals surface area contributed by atoms with E-state index < -0.39 is 15.8 Å². The highest BCUT2D eigenvalue weighted by Crippen LogP contribution is 2.30. The summed E-state index contributed by atoms with van der Waals surface area (Å²) in [4.78, 5) is -0.293. The zero-order chi connectivity index (χ0) is 15.6. The maximum atomic E-state index is 14.4. The topological polar surface area (TPSA) is 63.4 Å². The monoisotopic (exact) mass is 396 g/mol. The predicted octanol–water partition coefficient (Wildman–Crippen LogP) is 2.56. The van der Waals surface area contributed by atoms with E-state index in [4.69, 9.17) is 5.73 Å². The van der Waals surface area contributed by atoms with Crippen LogP contribution in [0.25, 0.3) is 0 Å². The van der Waals surface area contributed by atoms with Crippen LogP contribution < -0.4 is 5.73 Å². The first kappa shape index (κ1) is 17.2. The lowest BCUT2D eigenvalue weighted by atomic mass is 10.2. The summed E-state index contributed by atoms with van der Waals surface area (Å²) in [6.45, 7) is 2.82. The number of halogens is 2. The van der Waals surface area contributed by atoms with Crippen LogP contribution in [0, 0.1) is 5.82 Å². The first-order chi connectivity index (χ1) is 9.90. The molecule has 1 fully saturated rings. The minimum absolute atomic E-state index is 0.0404. The fourth-order valence-electron chi connectivity index (χ4n) is 2.25. The van der Waals surface area contributed by atoms with Crippen molar-refractivity contribution in [2.75, 3.05) is 18.8 Å². The van der Waals surface area contributed by atoms with Crippen LogP contribution in [0.15, 0.2) is 21.5 Å². The summed E-state index contributed by atoms with van der Waals surface area (Å²) in [5.41, 5.74) is 5.68. The Morgan fingerprint density at radius 2 is 2.24 bits per heavy atom. The van der Waals surface area contributed by atoms with E-state index >= 15 is 0 Å². The molecule has 1 heterocycles. The highest BCUT2D eigenvalue weighted by atomic mass is 79.9. The molecule has 1 aliphatic rings. The van der Waals surface area contributed by atoms with E-state index in [2.05, 4.69) is 15.9 Å². The highest BCUT2D eigenvalue weighted by Gasteiger charge is 2.32. The fraction of sp³-hybridized carbons (Fsp3) is 0.538. The molecule has 118 valence electrons. The molecule has 1 unspecified atom stereocenters. The lowest BCUT2D eigenvalue weighted by Gasteiger charge is -2.31. The van der Waals surface area contributed by atoms with Crippen LogP contribution in [0.2, 0.25) is 0 Å². The third-order valence-corrected chi connectivity index (χ3v) is 7.17. The van der Waals surface area contributed by atoms with Gasteiger partial charge in [-0.3, -0.25) is 0 Å². The molecular formula is C13H18BrFN2O2S2. The van der Waals surface area contributed by atoms with Gasteiger partial charge in [-0.15, -0.1) is 0 Å². The molecule has 1 aromatic carbocycles. The minimum atomic E-state index is -3.83. The molecule has 0 spiro atoms. The van der Waals surface area contributed by atoms with Crippen molar-refractivity contribution in [3.05, 3.63) is 28.0 Å². The maximum Gasteiger partial charge on any atom is 0.246 e. The van der Waals surface area contributed by atoms with E-state index in [0.717, 1.165) is 12.2 Å². The van der Waals surface area contributed by atoms with Crippen LogP contribution in [0.4, 0.5) is 4.39 Å². The minimum Gasteiger partial charge on any atom is -0.326 e. The number of sulfonamides is 1. The number of hydrogen-bond acceptors (Lipinski definition) is 4. The van der Waals surface area contributed by atoms with Crippen LogP contribution in [0.3, 0.4) is 0 Å². The summed E-state index contributed by atoms with van der Waals surface area (Å²) in [6.07, 6.45) is 0.895. The van der Waals surface area contributed by atoms with Crippen molar-refractivity contribution >= 4 is 37.7 Å². The second-order valence-corrected chi connectivity index (χ2v) is 9.08. The van der Waals surface area contributed by atoms with Crippen LogP contribution >= 0.6 is 27.7 Å². The standard InChI is InChI=1S/C13H18BrFN2O2S2/c1-2-11-8-17(3-4-20-11)21(18,19)12-6-10(14)5-9(7-16)13(12)15/h5-6,11H,2-4,7-8,16H2,1H3. The third-order valence-electron chi connectivity index (χ3n) is 3.47. The largest absolute Gasteiger partial charge is 0.326 e. The van der Waals surface area contributed by atoms with Gasteiger partial charge in [0.1, 0.15) is 10.7 Å². The number of thioether (sulfide) groups is 1. The molecule has 1 atom stereocenters. The van der Waals surface area contributed by atoms with Crippen molar-refractivity contribution in [3.63, 3.8) is 0 Å². The molecular weight excluding hydrogens is 379 g/mol. The van der Waals surface area contributed by atoms with Gasteiger partial charge in [-0.25, -0.2) is 12.8 Å². The number of hydrogen-bond donors (Lipinski definition) is 1. The number of rotatable bonds is 4. The van der Waals surface area contributed by atoms with E-state index in [9.17, 15) is 12.8 Å². The van der Waals surface area contributed by atoms with E-state index in [1.54, 1.807) is 11.8 Å². The van der Waals surface area contributed by atoms with Gasteiger partial charge in [0.15, 0.2) is 0 Å². The van der Waals surface area contributed by atoms with Gasteiger partial charge in [-0.1, -0.05) is 22.9 Å². The zero-order valence-electron chi connectivity index (χ0n) is 11.7. The Hall–Kier alpha value is -0.150. The second-order valence-electron chi connectivity index (χ2n) is 4.85. The predicted molar refractivity (Wildman–Crippen MR) is 87.3 cm³/mol. The molecule has 1 aliphatic heterocycles. The van der Waals surface area contributed by atoms with E-state index in [-0.39, 0.29) is 22.3 Å². The van der Waals surface area contributed by atoms with Crippen molar-refractivity contribution in [2.24, 2.45) is 5.73 Å². The van der Waals surface area contributed by atoms with Gasteiger partial charge in [0, 0.05) is 40.7 Å². The van der Waals surface area contributed by atoms with E-state index in [1.165, 1.54) is 16.4 Å². The van der Waals surface area contributed by atoms with Gasteiger partial charge in [-0.05, 0) is 18.6 Å². The quantitative estimate of drug-likeness (QED) is 0.849. The van der Waals surface area contributed by atoms with Crippen molar-refractivity contribution in [1.82, 2.24) is 4.31 Å². The summed E-state index contributed by atoms with van der Waals surface area (Å²) in [7, 11) is -3.83. The summed E-state index contributed by atoms with van der Waals surface area (Å²) in [6, 6.07) is 2.82. The number of benzene rings is 1. The SMILES string of the molecule is CCC1CN(S(=O)(=O)c2cc(Br)cc(CN)c2F)CCS1. The van der Waals surface area contributed by atoms with E-state index in [0.29, 0.717) is 17.6 Å². The smallest absolute Gasteiger partial charge is 0.246 e. The van der Waals surface area contributed by atoms with Gasteiger partial charge in [0.05, 0.1) is 0 Å². The summed E-state index contributed by atoms with van der Waals surface area (Å²) >= 11 is 4.98. The molecule has 2 rings (SSSR count). The average Bonchev–Trinajstić information content (AvgIpc) is 2.49. The molecule has 2 N–H and O–H groups in total. The lowest BCUT2D eigenvalue weighted by Crippen LogP contribution is -2.42. The van der Waals surface area contributed by atoms with Gasteiger partial charge in [0.25, 0.3) is 0 Å². The Morgan fingerprint density at radius 1 is 1.52 bits per heavy atom. The molecule has 0 bridgehead atoms. The number of nitrogens with two attached hydrogens (primary N) is 1. The molecule has 0 amide bonds. The molecule has 8 heteroatoms. The van der Waals surface area contributed by atoms with Crippen LogP contribution in [0.5, 0.6) is 0 Å². The van der Waals surface area contributed by atoms with Crippen molar-refractivity contribution < 1.29 is 12.8 Å². The Labute approximate surface area is 137 Å². The van der Waals surface area contributed by atoms with Crippen LogP contribution in [-0.4, -0.2) is 36.8 Å². The van der Waals surface area contributed by atoms with Gasteiger partial charge < -0.3 is 5.73 Å². The molecule has 1 saturated heterocycles. The van der Waals surface area contributed by atoms with Gasteiger partial charge >= 0.3 is 0 Å². The van der Waals surface area contributed by atoms with Crippen LogP contribution in [0.1, 0.15) is 18.9 Å². The lowest BCUT2D eigenvalue weighted by molar-refractivity contribution is 0.412. The molecule has 0 aliphatic carbocycles. The molecule has 1 aromatic rings. The summed E-state index contributed by atoms with van der Waals surface area (Å²) in [5, 5.41) is 0.262. The van der Waals surface area contributed by atoms with Crippen LogP contribution in [-0.2, 0) is 16.6 Å². The van der Waals surface area contributed by atoms with E-state index in [1.807, 2.05) is 6.92 Å². The number of nitrogens with zero attached hydrogens (tertiary/aromatic N) is 1. The Balaban J connectivity index is 2.42. The first-order valence-electron chi connectivity index (χ1n) is 6.69. The maximum absolute atomic E-state index is 14.4. The Bertz CT molecular complexity index is 625.